The fourth-order valence-corrected chi connectivity index (χ4v) is 8.44. The van der Waals surface area contributed by atoms with Crippen LogP contribution in [0.2, 0.25) is 18.1 Å². The van der Waals surface area contributed by atoms with Crippen molar-refractivity contribution in [1.82, 2.24) is 9.55 Å². The number of hydrogen-bond acceptors (Lipinski definition) is 5. The molecule has 0 unspecified atom stereocenters. The predicted molar refractivity (Wildman–Crippen MR) is 131 cm³/mol. The van der Waals surface area contributed by atoms with E-state index in [1.54, 1.807) is 12.1 Å². The maximum absolute atomic E-state index is 15.6. The van der Waals surface area contributed by atoms with Crippen molar-refractivity contribution in [1.29, 1.82) is 0 Å². The Morgan fingerprint density at radius 1 is 1.15 bits per heavy atom. The SMILES string of the molecule is CC[C@@]1(O[Si](CC)(CC)CC)C(=O)OCc2c1cc1n(c2=O)[C@H](F)c2cc3ccccc3nc2-1. The Labute approximate surface area is 198 Å². The summed E-state index contributed by atoms with van der Waals surface area (Å²) < 4.78 is 29.1. The average Bonchev–Trinajstić information content (AvgIpc) is 3.14. The van der Waals surface area contributed by atoms with Crippen molar-refractivity contribution in [3.05, 3.63) is 63.4 Å². The molecule has 0 amide bonds. The highest BCUT2D eigenvalue weighted by atomic mass is 28.4. The number of hydrogen-bond donors (Lipinski definition) is 0. The summed E-state index contributed by atoms with van der Waals surface area (Å²) in [5.41, 5.74) is 0.813. The molecule has 0 N–H and O–H groups in total. The van der Waals surface area contributed by atoms with Crippen LogP contribution in [0.25, 0.3) is 22.3 Å². The molecule has 1 aromatic carbocycles. The molecule has 0 saturated heterocycles. The second kappa shape index (κ2) is 8.13. The maximum Gasteiger partial charge on any atom is 0.342 e. The van der Waals surface area contributed by atoms with E-state index in [1.165, 1.54) is 0 Å². The lowest BCUT2D eigenvalue weighted by Gasteiger charge is -2.43. The van der Waals surface area contributed by atoms with E-state index in [2.05, 4.69) is 20.8 Å². The zero-order valence-electron chi connectivity index (χ0n) is 20.0. The number of fused-ring (bicyclic) bond motifs is 5. The number of rotatable bonds is 6. The average molecular weight is 481 g/mol. The van der Waals surface area contributed by atoms with Crippen molar-refractivity contribution >= 4 is 25.2 Å². The topological polar surface area (TPSA) is 70.4 Å². The Hall–Kier alpha value is -2.84. The van der Waals surface area contributed by atoms with Crippen molar-refractivity contribution in [3.63, 3.8) is 0 Å². The monoisotopic (exact) mass is 480 g/mol. The van der Waals surface area contributed by atoms with Crippen LogP contribution in [0.5, 0.6) is 0 Å². The van der Waals surface area contributed by atoms with Crippen molar-refractivity contribution < 1.29 is 18.3 Å². The molecular weight excluding hydrogens is 451 g/mol. The van der Waals surface area contributed by atoms with Crippen LogP contribution in [0.1, 0.15) is 57.1 Å². The Morgan fingerprint density at radius 3 is 2.53 bits per heavy atom. The Balaban J connectivity index is 1.78. The number of para-hydroxylation sites is 1. The van der Waals surface area contributed by atoms with Crippen LogP contribution in [0.3, 0.4) is 0 Å². The molecule has 2 aliphatic heterocycles. The number of pyridine rings is 2. The van der Waals surface area contributed by atoms with E-state index in [-0.39, 0.29) is 12.2 Å². The normalized spacial score (nSPS) is 21.2. The van der Waals surface area contributed by atoms with E-state index < -0.39 is 31.7 Å². The first-order valence-electron chi connectivity index (χ1n) is 12.0. The van der Waals surface area contributed by atoms with Crippen LogP contribution in [-0.4, -0.2) is 23.8 Å². The molecule has 2 aliphatic rings. The molecule has 34 heavy (non-hydrogen) atoms. The molecule has 0 fully saturated rings. The van der Waals surface area contributed by atoms with Gasteiger partial charge in [-0.25, -0.2) is 14.2 Å². The zero-order chi connectivity index (χ0) is 24.3. The lowest BCUT2D eigenvalue weighted by molar-refractivity contribution is -0.170. The molecule has 5 rings (SSSR count). The summed E-state index contributed by atoms with van der Waals surface area (Å²) in [5, 5.41) is 0.809. The number of benzene rings is 1. The van der Waals surface area contributed by atoms with Crippen molar-refractivity contribution in [2.75, 3.05) is 0 Å². The third kappa shape index (κ3) is 3.04. The zero-order valence-corrected chi connectivity index (χ0v) is 21.0. The van der Waals surface area contributed by atoms with Gasteiger partial charge in [-0.3, -0.25) is 9.36 Å². The molecule has 0 spiro atoms. The standard InChI is InChI=1S/C26H29FN2O4Si/c1-5-26(33-34(6-2,7-3)8-4)19-14-21-22-17(13-16-11-9-10-12-20(16)28-22)23(27)29(21)24(30)18(19)15-32-25(26)31/h9-14,23H,5-8,15H2,1-4H3/t23-,26-/m0/s1. The molecule has 178 valence electrons. The van der Waals surface area contributed by atoms with Crippen LogP contribution in [0.15, 0.2) is 41.2 Å². The van der Waals surface area contributed by atoms with Crippen LogP contribution in [-0.2, 0) is 26.2 Å². The lowest BCUT2D eigenvalue weighted by Crippen LogP contribution is -2.53. The Morgan fingerprint density at radius 2 is 1.85 bits per heavy atom. The number of carbonyl (C=O) groups is 1. The number of ether oxygens (including phenoxy) is 1. The van der Waals surface area contributed by atoms with Crippen molar-refractivity contribution in [2.24, 2.45) is 0 Å². The number of esters is 1. The van der Waals surface area contributed by atoms with Gasteiger partial charge in [0.15, 0.2) is 13.9 Å². The second-order valence-corrected chi connectivity index (χ2v) is 13.8. The van der Waals surface area contributed by atoms with E-state index in [0.717, 1.165) is 33.6 Å². The van der Waals surface area contributed by atoms with E-state index in [1.807, 2.05) is 31.2 Å². The molecule has 2 aromatic heterocycles. The molecular formula is C26H29FN2O4Si. The maximum atomic E-state index is 15.6. The Bertz CT molecular complexity index is 1360. The summed E-state index contributed by atoms with van der Waals surface area (Å²) in [6.45, 7) is 7.96. The Kier molecular flexibility index (Phi) is 5.48. The van der Waals surface area contributed by atoms with Gasteiger partial charge < -0.3 is 9.16 Å². The number of cyclic esters (lactones) is 1. The summed E-state index contributed by atoms with van der Waals surface area (Å²) in [6, 6.07) is 13.5. The molecule has 0 aliphatic carbocycles. The van der Waals surface area contributed by atoms with Gasteiger partial charge in [0.05, 0.1) is 22.5 Å². The van der Waals surface area contributed by atoms with Gasteiger partial charge >= 0.3 is 5.97 Å². The highest BCUT2D eigenvalue weighted by Gasteiger charge is 2.52. The first-order chi connectivity index (χ1) is 16.3. The highest BCUT2D eigenvalue weighted by Crippen LogP contribution is 2.46. The van der Waals surface area contributed by atoms with Crippen molar-refractivity contribution in [2.45, 2.75) is 70.8 Å². The minimum atomic E-state index is -2.27. The van der Waals surface area contributed by atoms with Crippen LogP contribution in [0, 0.1) is 0 Å². The third-order valence-electron chi connectivity index (χ3n) is 7.76. The lowest BCUT2D eigenvalue weighted by atomic mass is 9.86. The summed E-state index contributed by atoms with van der Waals surface area (Å²) in [7, 11) is -2.27. The van der Waals surface area contributed by atoms with Gasteiger partial charge in [-0.05, 0) is 42.8 Å². The van der Waals surface area contributed by atoms with E-state index in [9.17, 15) is 9.59 Å². The number of aromatic nitrogens is 2. The van der Waals surface area contributed by atoms with Gasteiger partial charge in [0.2, 0.25) is 6.30 Å². The number of nitrogens with zero attached hydrogens (tertiary/aromatic N) is 2. The molecule has 0 saturated carbocycles. The van der Waals surface area contributed by atoms with Crippen LogP contribution >= 0.6 is 0 Å². The molecule has 8 heteroatoms. The minimum Gasteiger partial charge on any atom is -0.458 e. The molecule has 0 radical (unpaired) electrons. The number of carbonyl (C=O) groups excluding carboxylic acids is 1. The minimum absolute atomic E-state index is 0.185. The first kappa shape index (κ1) is 22.9. The van der Waals surface area contributed by atoms with Gasteiger partial charge in [0.25, 0.3) is 5.56 Å². The largest absolute Gasteiger partial charge is 0.458 e. The first-order valence-corrected chi connectivity index (χ1v) is 14.6. The summed E-state index contributed by atoms with van der Waals surface area (Å²) in [6.07, 6.45) is -1.32. The highest BCUT2D eigenvalue weighted by molar-refractivity contribution is 6.73. The molecule has 0 bridgehead atoms. The van der Waals surface area contributed by atoms with E-state index in [4.69, 9.17) is 14.1 Å². The molecule has 3 aromatic rings. The van der Waals surface area contributed by atoms with Gasteiger partial charge in [0.1, 0.15) is 6.61 Å². The second-order valence-electron chi connectivity index (χ2n) is 9.15. The van der Waals surface area contributed by atoms with E-state index in [0.29, 0.717) is 28.9 Å². The van der Waals surface area contributed by atoms with Gasteiger partial charge in [-0.15, -0.1) is 0 Å². The predicted octanol–water partition coefficient (Wildman–Crippen LogP) is 5.58. The fraction of sp³-hybridized carbons (Fsp3) is 0.423. The fourth-order valence-electron chi connectivity index (χ4n) is 5.43. The number of alkyl halides is 1. The molecule has 2 atom stereocenters. The molecule has 4 heterocycles. The van der Waals surface area contributed by atoms with E-state index >= 15 is 4.39 Å². The van der Waals surface area contributed by atoms with Crippen LogP contribution < -0.4 is 5.56 Å². The summed E-state index contributed by atoms with van der Waals surface area (Å²) >= 11 is 0. The quantitative estimate of drug-likeness (QED) is 0.340. The smallest absolute Gasteiger partial charge is 0.342 e. The van der Waals surface area contributed by atoms with Gasteiger partial charge in [-0.1, -0.05) is 45.9 Å². The van der Waals surface area contributed by atoms with Gasteiger partial charge in [-0.2, -0.15) is 0 Å². The van der Waals surface area contributed by atoms with Crippen LogP contribution in [0.4, 0.5) is 4.39 Å². The number of halogens is 1. The third-order valence-corrected chi connectivity index (χ3v) is 12.4. The summed E-state index contributed by atoms with van der Waals surface area (Å²) in [4.78, 5) is 31.6. The molecule has 6 nitrogen and oxygen atoms in total. The van der Waals surface area contributed by atoms with Crippen molar-refractivity contribution in [3.8, 4) is 11.4 Å². The van der Waals surface area contributed by atoms with Gasteiger partial charge in [0, 0.05) is 16.5 Å². The summed E-state index contributed by atoms with van der Waals surface area (Å²) in [5.74, 6) is -0.472.